The molecule has 7 heteroatoms. The van der Waals surface area contributed by atoms with Crippen molar-refractivity contribution in [3.8, 4) is 5.69 Å². The molecule has 1 aromatic heterocycles. The minimum Gasteiger partial charge on any atom is -0.338 e. The summed E-state index contributed by atoms with van der Waals surface area (Å²) in [4.78, 5) is 27.6. The van der Waals surface area contributed by atoms with Crippen molar-refractivity contribution in [2.24, 2.45) is 0 Å². The van der Waals surface area contributed by atoms with Crippen LogP contribution in [0.3, 0.4) is 0 Å². The molecule has 2 aromatic rings. The van der Waals surface area contributed by atoms with E-state index in [4.69, 9.17) is 0 Å². The van der Waals surface area contributed by atoms with E-state index in [1.807, 2.05) is 23.8 Å². The van der Waals surface area contributed by atoms with Gasteiger partial charge in [0.2, 0.25) is 5.91 Å². The Balaban J connectivity index is 1.97. The average molecular weight is 346 g/mol. The van der Waals surface area contributed by atoms with E-state index in [1.165, 1.54) is 22.9 Å². The van der Waals surface area contributed by atoms with Gasteiger partial charge in [-0.1, -0.05) is 24.8 Å². The van der Waals surface area contributed by atoms with Crippen LogP contribution in [0.2, 0.25) is 0 Å². The third-order valence-corrected chi connectivity index (χ3v) is 4.46. The molecule has 0 atom stereocenters. The number of hydrogen-bond donors (Lipinski definition) is 2. The van der Waals surface area contributed by atoms with Gasteiger partial charge in [-0.15, -0.1) is 0 Å². The average Bonchev–Trinajstić information content (AvgIpc) is 3.02. The number of urea groups is 1. The number of nitrogens with one attached hydrogen (secondary N) is 2. The molecule has 2 N–H and O–H groups in total. The lowest BCUT2D eigenvalue weighted by molar-refractivity contribution is -0.117. The van der Waals surface area contributed by atoms with Gasteiger partial charge in [-0.3, -0.25) is 14.7 Å². The molecule has 2 rings (SSSR count). The molecule has 6 nitrogen and oxygen atoms in total. The lowest BCUT2D eigenvalue weighted by atomic mass is 10.1. The highest BCUT2D eigenvalue weighted by Gasteiger charge is 2.11. The van der Waals surface area contributed by atoms with Crippen LogP contribution < -0.4 is 10.6 Å². The molecule has 3 amide bonds. The minimum absolute atomic E-state index is 0.126. The zero-order valence-corrected chi connectivity index (χ0v) is 14.9. The first kappa shape index (κ1) is 18.1. The molecule has 0 saturated heterocycles. The van der Waals surface area contributed by atoms with Crippen LogP contribution in [0.25, 0.3) is 5.69 Å². The number of aryl methyl sites for hydroxylation is 2. The molecule has 0 aliphatic carbocycles. The minimum atomic E-state index is -0.458. The van der Waals surface area contributed by atoms with E-state index in [9.17, 15) is 9.59 Å². The second kappa shape index (κ2) is 8.54. The summed E-state index contributed by atoms with van der Waals surface area (Å²) in [7, 11) is 0. The van der Waals surface area contributed by atoms with Gasteiger partial charge in [-0.05, 0) is 43.5 Å². The number of benzene rings is 1. The molecule has 0 spiro atoms. The van der Waals surface area contributed by atoms with Gasteiger partial charge in [0.1, 0.15) is 0 Å². The normalized spacial score (nSPS) is 10.5. The van der Waals surface area contributed by atoms with Gasteiger partial charge in [0.05, 0.1) is 5.75 Å². The molecule has 0 aliphatic heterocycles. The Kier molecular flexibility index (Phi) is 6.43. The predicted octanol–water partition coefficient (Wildman–Crippen LogP) is 2.82. The SMILES string of the molecule is CCCNC(=O)NC(=O)CSc1nccn1-c1ccc(C)c(C)c1. The summed E-state index contributed by atoms with van der Waals surface area (Å²) < 4.78 is 1.93. The quantitative estimate of drug-likeness (QED) is 0.789. The fourth-order valence-corrected chi connectivity index (χ4v) is 2.82. The number of hydrogen-bond acceptors (Lipinski definition) is 4. The Bertz CT molecular complexity index is 727. The largest absolute Gasteiger partial charge is 0.338 e. The topological polar surface area (TPSA) is 76.0 Å². The van der Waals surface area contributed by atoms with Crippen LogP contribution in [0, 0.1) is 13.8 Å². The van der Waals surface area contributed by atoms with E-state index in [2.05, 4.69) is 41.6 Å². The number of rotatable bonds is 6. The maximum absolute atomic E-state index is 11.8. The fourth-order valence-electron chi connectivity index (χ4n) is 2.04. The summed E-state index contributed by atoms with van der Waals surface area (Å²) in [6.07, 6.45) is 4.38. The molecule has 0 bridgehead atoms. The predicted molar refractivity (Wildman–Crippen MR) is 95.6 cm³/mol. The number of imidazole rings is 1. The smallest absolute Gasteiger partial charge is 0.321 e. The number of aromatic nitrogens is 2. The molecule has 0 radical (unpaired) electrons. The van der Waals surface area contributed by atoms with Crippen LogP contribution in [-0.4, -0.2) is 33.8 Å². The molecule has 1 heterocycles. The van der Waals surface area contributed by atoms with Crippen molar-refractivity contribution in [1.29, 1.82) is 0 Å². The Morgan fingerprint density at radius 1 is 1.25 bits per heavy atom. The maximum Gasteiger partial charge on any atom is 0.321 e. The first-order valence-electron chi connectivity index (χ1n) is 7.82. The second-order valence-corrected chi connectivity index (χ2v) is 6.38. The third kappa shape index (κ3) is 4.86. The maximum atomic E-state index is 11.8. The van der Waals surface area contributed by atoms with Gasteiger partial charge in [-0.2, -0.15) is 0 Å². The van der Waals surface area contributed by atoms with Crippen LogP contribution in [0.5, 0.6) is 0 Å². The lowest BCUT2D eigenvalue weighted by Gasteiger charge is -2.10. The molecule has 1 aromatic carbocycles. The van der Waals surface area contributed by atoms with E-state index < -0.39 is 6.03 Å². The standard InChI is InChI=1S/C17H22N4O2S/c1-4-7-18-16(23)20-15(22)11-24-17-19-8-9-21(17)14-6-5-12(2)13(3)10-14/h5-6,8-10H,4,7,11H2,1-3H3,(H2,18,20,22,23). The Labute approximate surface area is 146 Å². The van der Waals surface area contributed by atoms with Crippen LogP contribution in [0.1, 0.15) is 24.5 Å². The highest BCUT2D eigenvalue weighted by molar-refractivity contribution is 7.99. The first-order chi connectivity index (χ1) is 11.5. The summed E-state index contributed by atoms with van der Waals surface area (Å²) in [5.74, 6) is -0.218. The Morgan fingerprint density at radius 3 is 2.75 bits per heavy atom. The number of carbonyl (C=O) groups excluding carboxylic acids is 2. The first-order valence-corrected chi connectivity index (χ1v) is 8.81. The van der Waals surface area contributed by atoms with Crippen LogP contribution >= 0.6 is 11.8 Å². The molecule has 0 saturated carbocycles. The molecule has 128 valence electrons. The van der Waals surface area contributed by atoms with Crippen molar-refractivity contribution in [1.82, 2.24) is 20.2 Å². The number of carbonyl (C=O) groups is 2. The molecule has 0 fully saturated rings. The summed E-state index contributed by atoms with van der Waals surface area (Å²) in [5.41, 5.74) is 3.42. The molecular weight excluding hydrogens is 324 g/mol. The zero-order valence-electron chi connectivity index (χ0n) is 14.1. The van der Waals surface area contributed by atoms with E-state index in [-0.39, 0.29) is 11.7 Å². The molecule has 0 unspecified atom stereocenters. The van der Waals surface area contributed by atoms with Crippen molar-refractivity contribution in [3.63, 3.8) is 0 Å². The van der Waals surface area contributed by atoms with Gasteiger partial charge in [-0.25, -0.2) is 9.78 Å². The van der Waals surface area contributed by atoms with Gasteiger partial charge in [0, 0.05) is 24.6 Å². The van der Waals surface area contributed by atoms with E-state index >= 15 is 0 Å². The number of nitrogens with zero attached hydrogens (tertiary/aromatic N) is 2. The van der Waals surface area contributed by atoms with Crippen molar-refractivity contribution < 1.29 is 9.59 Å². The third-order valence-electron chi connectivity index (χ3n) is 3.50. The Morgan fingerprint density at radius 2 is 2.04 bits per heavy atom. The summed E-state index contributed by atoms with van der Waals surface area (Å²) in [6.45, 7) is 6.62. The number of imide groups is 1. The second-order valence-electron chi connectivity index (χ2n) is 5.44. The van der Waals surface area contributed by atoms with Crippen molar-refractivity contribution >= 4 is 23.7 Å². The highest BCUT2D eigenvalue weighted by Crippen LogP contribution is 2.21. The lowest BCUT2D eigenvalue weighted by Crippen LogP contribution is -2.40. The van der Waals surface area contributed by atoms with Crippen LogP contribution in [-0.2, 0) is 4.79 Å². The number of amides is 3. The van der Waals surface area contributed by atoms with Crippen LogP contribution in [0.15, 0.2) is 35.7 Å². The van der Waals surface area contributed by atoms with Gasteiger partial charge in [0.15, 0.2) is 5.16 Å². The van der Waals surface area contributed by atoms with Crippen molar-refractivity contribution in [3.05, 3.63) is 41.7 Å². The van der Waals surface area contributed by atoms with Crippen molar-refractivity contribution in [2.75, 3.05) is 12.3 Å². The zero-order chi connectivity index (χ0) is 17.5. The van der Waals surface area contributed by atoms with Gasteiger partial charge >= 0.3 is 6.03 Å². The molecule has 0 aliphatic rings. The summed E-state index contributed by atoms with van der Waals surface area (Å²) >= 11 is 1.29. The van der Waals surface area contributed by atoms with E-state index in [0.717, 1.165) is 12.1 Å². The van der Waals surface area contributed by atoms with E-state index in [1.54, 1.807) is 6.20 Å². The number of thioether (sulfide) groups is 1. The molecular formula is C17H22N4O2S. The highest BCUT2D eigenvalue weighted by atomic mass is 32.2. The molecule has 24 heavy (non-hydrogen) atoms. The van der Waals surface area contributed by atoms with Gasteiger partial charge in [0.25, 0.3) is 0 Å². The van der Waals surface area contributed by atoms with E-state index in [0.29, 0.717) is 11.7 Å². The van der Waals surface area contributed by atoms with Crippen LogP contribution in [0.4, 0.5) is 4.79 Å². The monoisotopic (exact) mass is 346 g/mol. The fraction of sp³-hybridized carbons (Fsp3) is 0.353. The summed E-state index contributed by atoms with van der Waals surface area (Å²) in [5, 5.41) is 5.62. The van der Waals surface area contributed by atoms with Gasteiger partial charge < -0.3 is 5.32 Å². The van der Waals surface area contributed by atoms with Crippen molar-refractivity contribution in [2.45, 2.75) is 32.3 Å². The summed E-state index contributed by atoms with van der Waals surface area (Å²) in [6, 6.07) is 5.70. The Hall–Kier alpha value is -2.28.